The lowest BCUT2D eigenvalue weighted by molar-refractivity contribution is -0.149. The number of hydrogen-bond donors (Lipinski definition) is 1. The summed E-state index contributed by atoms with van der Waals surface area (Å²) in [6, 6.07) is 7.42. The Morgan fingerprint density at radius 1 is 1.33 bits per heavy atom. The van der Waals surface area contributed by atoms with Gasteiger partial charge in [-0.25, -0.2) is 4.79 Å². The zero-order chi connectivity index (χ0) is 15.4. The molecule has 0 bridgehead atoms. The molecular formula is C16H21NO3S. The minimum Gasteiger partial charge on any atom is -0.480 e. The second kappa shape index (κ2) is 6.98. The molecule has 1 aliphatic rings. The summed E-state index contributed by atoms with van der Waals surface area (Å²) in [5, 5.41) is 9.25. The van der Waals surface area contributed by atoms with Gasteiger partial charge >= 0.3 is 5.97 Å². The zero-order valence-corrected chi connectivity index (χ0v) is 13.2. The van der Waals surface area contributed by atoms with E-state index in [1.807, 2.05) is 38.1 Å². The summed E-state index contributed by atoms with van der Waals surface area (Å²) >= 11 is 1.56. The van der Waals surface area contributed by atoms with Crippen LogP contribution in [0.1, 0.15) is 30.9 Å². The number of carbonyl (C=O) groups excluding carboxylic acids is 1. The molecule has 2 rings (SSSR count). The van der Waals surface area contributed by atoms with Gasteiger partial charge in [0.2, 0.25) is 5.91 Å². The van der Waals surface area contributed by atoms with Crippen LogP contribution in [0.25, 0.3) is 0 Å². The first-order valence-electron chi connectivity index (χ1n) is 7.24. The number of benzene rings is 1. The Labute approximate surface area is 129 Å². The lowest BCUT2D eigenvalue weighted by Gasteiger charge is -2.26. The summed E-state index contributed by atoms with van der Waals surface area (Å²) in [5.74, 6) is -0.466. The van der Waals surface area contributed by atoms with Gasteiger partial charge in [0.05, 0.1) is 5.37 Å². The highest BCUT2D eigenvalue weighted by atomic mass is 32.2. The molecule has 1 aliphatic heterocycles. The van der Waals surface area contributed by atoms with Crippen molar-refractivity contribution in [2.45, 2.75) is 44.5 Å². The predicted molar refractivity (Wildman–Crippen MR) is 84.3 cm³/mol. The maximum atomic E-state index is 12.4. The minimum absolute atomic E-state index is 0.00313. The molecule has 0 aromatic heterocycles. The van der Waals surface area contributed by atoms with E-state index in [4.69, 9.17) is 0 Å². The minimum atomic E-state index is -0.901. The second-order valence-electron chi connectivity index (χ2n) is 5.34. The van der Waals surface area contributed by atoms with E-state index in [1.54, 1.807) is 16.7 Å². The maximum Gasteiger partial charge on any atom is 0.327 e. The number of carboxylic acids is 1. The molecule has 1 fully saturated rings. The quantitative estimate of drug-likeness (QED) is 0.908. The maximum absolute atomic E-state index is 12.4. The van der Waals surface area contributed by atoms with E-state index in [1.165, 1.54) is 5.56 Å². The van der Waals surface area contributed by atoms with Crippen LogP contribution >= 0.6 is 11.8 Å². The normalized spacial score (nSPS) is 21.5. The van der Waals surface area contributed by atoms with Crippen LogP contribution in [0.3, 0.4) is 0 Å². The van der Waals surface area contributed by atoms with Crippen molar-refractivity contribution in [1.82, 2.24) is 4.90 Å². The lowest BCUT2D eigenvalue weighted by atomic mass is 10.1. The van der Waals surface area contributed by atoms with Crippen molar-refractivity contribution >= 4 is 23.6 Å². The van der Waals surface area contributed by atoms with E-state index in [2.05, 4.69) is 0 Å². The smallest absolute Gasteiger partial charge is 0.327 e. The number of rotatable bonds is 5. The van der Waals surface area contributed by atoms with E-state index < -0.39 is 12.0 Å². The van der Waals surface area contributed by atoms with E-state index in [-0.39, 0.29) is 11.3 Å². The van der Waals surface area contributed by atoms with E-state index in [0.29, 0.717) is 18.6 Å². The van der Waals surface area contributed by atoms with Crippen molar-refractivity contribution in [2.24, 2.45) is 0 Å². The molecule has 5 heteroatoms. The molecule has 1 saturated heterocycles. The molecule has 2 unspecified atom stereocenters. The number of amides is 1. The summed E-state index contributed by atoms with van der Waals surface area (Å²) in [6.45, 7) is 4.02. The monoisotopic (exact) mass is 307 g/mol. The number of aryl methyl sites for hydroxylation is 2. The highest BCUT2D eigenvalue weighted by molar-refractivity contribution is 8.00. The van der Waals surface area contributed by atoms with E-state index in [9.17, 15) is 14.7 Å². The van der Waals surface area contributed by atoms with Gasteiger partial charge in [-0.2, -0.15) is 0 Å². The summed E-state index contributed by atoms with van der Waals surface area (Å²) < 4.78 is 0. The predicted octanol–water partition coefficient (Wildman–Crippen LogP) is 2.69. The van der Waals surface area contributed by atoms with Crippen LogP contribution in [0, 0.1) is 6.92 Å². The fourth-order valence-corrected chi connectivity index (χ4v) is 3.91. The molecule has 114 valence electrons. The number of aliphatic carboxylic acids is 1. The van der Waals surface area contributed by atoms with E-state index >= 15 is 0 Å². The Morgan fingerprint density at radius 3 is 2.57 bits per heavy atom. The average Bonchev–Trinajstić information content (AvgIpc) is 2.90. The van der Waals surface area contributed by atoms with Crippen LogP contribution in [-0.4, -0.2) is 39.1 Å². The second-order valence-corrected chi connectivity index (χ2v) is 6.55. The first kappa shape index (κ1) is 15.9. The van der Waals surface area contributed by atoms with E-state index in [0.717, 1.165) is 12.0 Å². The fourth-order valence-electron chi connectivity index (χ4n) is 2.54. The zero-order valence-electron chi connectivity index (χ0n) is 12.4. The molecule has 0 saturated carbocycles. The summed E-state index contributed by atoms with van der Waals surface area (Å²) in [6.07, 6.45) is 1.80. The van der Waals surface area contributed by atoms with Crippen LogP contribution in [0.5, 0.6) is 0 Å². The molecule has 2 atom stereocenters. The van der Waals surface area contributed by atoms with Crippen LogP contribution in [0.15, 0.2) is 24.3 Å². The molecule has 4 nitrogen and oxygen atoms in total. The van der Waals surface area contributed by atoms with Crippen molar-refractivity contribution in [1.29, 1.82) is 0 Å². The summed E-state index contributed by atoms with van der Waals surface area (Å²) in [7, 11) is 0. The number of nitrogens with zero attached hydrogens (tertiary/aromatic N) is 1. The standard InChI is InChI=1S/C16H21NO3S/c1-3-15-17(13(10-21-15)16(19)20)14(18)9-8-12-6-4-11(2)5-7-12/h4-7,13,15H,3,8-10H2,1-2H3,(H,19,20). The highest BCUT2D eigenvalue weighted by Gasteiger charge is 2.40. The molecular weight excluding hydrogens is 286 g/mol. The van der Waals surface area contributed by atoms with Crippen molar-refractivity contribution in [3.63, 3.8) is 0 Å². The number of thioether (sulfide) groups is 1. The molecule has 1 heterocycles. The first-order chi connectivity index (χ1) is 10.0. The van der Waals surface area contributed by atoms with Gasteiger partial charge < -0.3 is 10.0 Å². The van der Waals surface area contributed by atoms with Crippen LogP contribution < -0.4 is 0 Å². The topological polar surface area (TPSA) is 57.6 Å². The van der Waals surface area contributed by atoms with Crippen molar-refractivity contribution < 1.29 is 14.7 Å². The molecule has 1 N–H and O–H groups in total. The van der Waals surface area contributed by atoms with Crippen molar-refractivity contribution in [3.8, 4) is 0 Å². The molecule has 0 spiro atoms. The Bertz CT molecular complexity index is 515. The highest BCUT2D eigenvalue weighted by Crippen LogP contribution is 2.32. The summed E-state index contributed by atoms with van der Waals surface area (Å²) in [5.41, 5.74) is 2.30. The lowest BCUT2D eigenvalue weighted by Crippen LogP contribution is -2.45. The third kappa shape index (κ3) is 3.79. The Kier molecular flexibility index (Phi) is 5.28. The SMILES string of the molecule is CCC1SCC(C(=O)O)N1C(=O)CCc1ccc(C)cc1. The third-order valence-corrected chi connectivity index (χ3v) is 5.22. The van der Waals surface area contributed by atoms with Gasteiger partial charge in [-0.3, -0.25) is 4.79 Å². The van der Waals surface area contributed by atoms with Gasteiger partial charge in [0.25, 0.3) is 0 Å². The Morgan fingerprint density at radius 2 is 2.00 bits per heavy atom. The molecule has 21 heavy (non-hydrogen) atoms. The van der Waals surface area contributed by atoms with Gasteiger partial charge in [0.1, 0.15) is 6.04 Å². The van der Waals surface area contributed by atoms with Gasteiger partial charge in [0, 0.05) is 12.2 Å². The van der Waals surface area contributed by atoms with Crippen LogP contribution in [0.2, 0.25) is 0 Å². The molecule has 0 aliphatic carbocycles. The number of carbonyl (C=O) groups is 2. The Hall–Kier alpha value is -1.49. The van der Waals surface area contributed by atoms with Crippen molar-refractivity contribution in [2.75, 3.05) is 5.75 Å². The first-order valence-corrected chi connectivity index (χ1v) is 8.29. The molecule has 1 amide bonds. The van der Waals surface area contributed by atoms with Crippen LogP contribution in [0.4, 0.5) is 0 Å². The van der Waals surface area contributed by atoms with Crippen molar-refractivity contribution in [3.05, 3.63) is 35.4 Å². The fraction of sp³-hybridized carbons (Fsp3) is 0.500. The Balaban J connectivity index is 2.00. The average molecular weight is 307 g/mol. The molecule has 1 aromatic carbocycles. The number of hydrogen-bond acceptors (Lipinski definition) is 3. The third-order valence-electron chi connectivity index (χ3n) is 3.76. The van der Waals surface area contributed by atoms with Gasteiger partial charge in [0.15, 0.2) is 0 Å². The summed E-state index contributed by atoms with van der Waals surface area (Å²) in [4.78, 5) is 25.3. The van der Waals surface area contributed by atoms with Gasteiger partial charge in [-0.05, 0) is 25.3 Å². The van der Waals surface area contributed by atoms with Gasteiger partial charge in [-0.1, -0.05) is 36.8 Å². The van der Waals surface area contributed by atoms with Crippen LogP contribution in [-0.2, 0) is 16.0 Å². The largest absolute Gasteiger partial charge is 0.480 e. The number of carboxylic acid groups (broad SMARTS) is 1. The molecule has 0 radical (unpaired) electrons. The van der Waals surface area contributed by atoms with Gasteiger partial charge in [-0.15, -0.1) is 11.8 Å². The molecule has 1 aromatic rings.